The molecule has 2 aromatic carbocycles. The Morgan fingerprint density at radius 3 is 2.72 bits per heavy atom. The molecule has 1 atom stereocenters. The number of aromatic nitrogens is 4. The van der Waals surface area contributed by atoms with E-state index in [1.54, 1.807) is 11.8 Å². The first-order chi connectivity index (χ1) is 12.3. The predicted molar refractivity (Wildman–Crippen MR) is 97.4 cm³/mol. The van der Waals surface area contributed by atoms with E-state index in [9.17, 15) is 5.11 Å². The predicted octanol–water partition coefficient (Wildman–Crippen LogP) is 2.24. The molecule has 1 aromatic heterocycles. The Bertz CT molecular complexity index is 796. The van der Waals surface area contributed by atoms with Gasteiger partial charge >= 0.3 is 0 Å². The minimum Gasteiger partial charge on any atom is -0.495 e. The number of rotatable bonds is 8. The van der Waals surface area contributed by atoms with Crippen LogP contribution >= 0.6 is 11.8 Å². The summed E-state index contributed by atoms with van der Waals surface area (Å²) in [4.78, 5) is 0. The number of aliphatic hydroxyl groups excluding tert-OH is 1. The van der Waals surface area contributed by atoms with E-state index < -0.39 is 6.10 Å². The third-order valence-corrected chi connectivity index (χ3v) is 4.55. The molecule has 25 heavy (non-hydrogen) atoms. The van der Waals surface area contributed by atoms with E-state index in [1.807, 2.05) is 54.6 Å². The van der Waals surface area contributed by atoms with Gasteiger partial charge in [-0.1, -0.05) is 42.1 Å². The number of nitrogens with zero attached hydrogens (tertiary/aromatic N) is 4. The molecule has 3 rings (SSSR count). The van der Waals surface area contributed by atoms with Crippen molar-refractivity contribution in [2.24, 2.45) is 0 Å². The fraction of sp³-hybridized carbons (Fsp3) is 0.235. The van der Waals surface area contributed by atoms with E-state index in [2.05, 4.69) is 20.8 Å². The molecule has 8 heteroatoms. The van der Waals surface area contributed by atoms with Crippen molar-refractivity contribution in [1.82, 2.24) is 20.2 Å². The van der Waals surface area contributed by atoms with Crippen molar-refractivity contribution in [1.29, 1.82) is 0 Å². The number of hydrogen-bond donors (Lipinski definition) is 2. The summed E-state index contributed by atoms with van der Waals surface area (Å²) in [7, 11) is 1.62. The Labute approximate surface area is 150 Å². The van der Waals surface area contributed by atoms with Crippen molar-refractivity contribution >= 4 is 17.4 Å². The lowest BCUT2D eigenvalue weighted by atomic mass is 10.3. The van der Waals surface area contributed by atoms with Gasteiger partial charge in [0.1, 0.15) is 5.75 Å². The number of benzene rings is 2. The minimum absolute atomic E-state index is 0.403. The van der Waals surface area contributed by atoms with Crippen LogP contribution in [0.15, 0.2) is 59.8 Å². The van der Waals surface area contributed by atoms with Crippen LogP contribution in [0.25, 0.3) is 5.69 Å². The highest BCUT2D eigenvalue weighted by molar-refractivity contribution is 7.99. The second-order valence-corrected chi connectivity index (χ2v) is 6.24. The fourth-order valence-electron chi connectivity index (χ4n) is 2.25. The van der Waals surface area contributed by atoms with Gasteiger partial charge in [0.05, 0.1) is 24.6 Å². The standard InChI is InChI=1S/C17H19N5O2S/c1-24-16-10-6-5-9-15(16)18-11-14(23)12-25-17-19-20-21-22(17)13-7-3-2-4-8-13/h2-10,14,18,23H,11-12H2,1H3. The largest absolute Gasteiger partial charge is 0.495 e. The SMILES string of the molecule is COc1ccccc1NCC(O)CSc1nnnn1-c1ccccc1. The molecular formula is C17H19N5O2S. The normalized spacial score (nSPS) is 11.9. The molecule has 0 saturated carbocycles. The molecule has 0 spiro atoms. The second-order valence-electron chi connectivity index (χ2n) is 5.25. The van der Waals surface area contributed by atoms with Crippen molar-refractivity contribution in [2.75, 3.05) is 24.7 Å². The van der Waals surface area contributed by atoms with Gasteiger partial charge in [0.2, 0.25) is 5.16 Å². The van der Waals surface area contributed by atoms with Crippen LogP contribution in [-0.2, 0) is 0 Å². The Morgan fingerprint density at radius 2 is 1.92 bits per heavy atom. The smallest absolute Gasteiger partial charge is 0.214 e. The topological polar surface area (TPSA) is 85.1 Å². The van der Waals surface area contributed by atoms with E-state index >= 15 is 0 Å². The number of nitrogens with one attached hydrogen (secondary N) is 1. The number of anilines is 1. The molecule has 1 unspecified atom stereocenters. The number of para-hydroxylation sites is 3. The molecule has 0 aliphatic heterocycles. The molecule has 0 aliphatic rings. The number of tetrazole rings is 1. The molecule has 0 saturated heterocycles. The summed E-state index contributed by atoms with van der Waals surface area (Å²) >= 11 is 1.41. The second kappa shape index (κ2) is 8.50. The first-order valence-corrected chi connectivity index (χ1v) is 8.78. The average molecular weight is 357 g/mol. The van der Waals surface area contributed by atoms with Gasteiger partial charge in [-0.25, -0.2) is 0 Å². The average Bonchev–Trinajstić information content (AvgIpc) is 3.14. The van der Waals surface area contributed by atoms with Gasteiger partial charge in [-0.3, -0.25) is 0 Å². The molecule has 3 aromatic rings. The van der Waals surface area contributed by atoms with Crippen molar-refractivity contribution < 1.29 is 9.84 Å². The third kappa shape index (κ3) is 4.49. The van der Waals surface area contributed by atoms with Crippen LogP contribution in [-0.4, -0.2) is 50.8 Å². The summed E-state index contributed by atoms with van der Waals surface area (Å²) in [5, 5.41) is 25.8. The summed E-state index contributed by atoms with van der Waals surface area (Å²) in [6.45, 7) is 0.403. The van der Waals surface area contributed by atoms with Gasteiger partial charge in [0, 0.05) is 12.3 Å². The lowest BCUT2D eigenvalue weighted by molar-refractivity contribution is 0.212. The first-order valence-electron chi connectivity index (χ1n) is 7.79. The Balaban J connectivity index is 1.55. The summed E-state index contributed by atoms with van der Waals surface area (Å²) < 4.78 is 6.94. The molecule has 0 bridgehead atoms. The quantitative estimate of drug-likeness (QED) is 0.598. The van der Waals surface area contributed by atoms with Crippen LogP contribution in [0.1, 0.15) is 0 Å². The van der Waals surface area contributed by atoms with Crippen molar-refractivity contribution in [3.8, 4) is 11.4 Å². The van der Waals surface area contributed by atoms with Crippen LogP contribution in [0, 0.1) is 0 Å². The maximum Gasteiger partial charge on any atom is 0.214 e. The van der Waals surface area contributed by atoms with Crippen molar-refractivity contribution in [3.05, 3.63) is 54.6 Å². The molecule has 0 aliphatic carbocycles. The van der Waals surface area contributed by atoms with E-state index in [0.717, 1.165) is 17.1 Å². The number of ether oxygens (including phenoxy) is 1. The molecule has 0 fully saturated rings. The monoisotopic (exact) mass is 357 g/mol. The highest BCUT2D eigenvalue weighted by Crippen LogP contribution is 2.23. The molecule has 0 amide bonds. The summed E-state index contributed by atoms with van der Waals surface area (Å²) in [6, 6.07) is 17.3. The number of methoxy groups -OCH3 is 1. The van der Waals surface area contributed by atoms with Gasteiger partial charge in [0.15, 0.2) is 0 Å². The first kappa shape index (κ1) is 17.2. The van der Waals surface area contributed by atoms with E-state index in [-0.39, 0.29) is 0 Å². The summed E-state index contributed by atoms with van der Waals surface area (Å²) in [6.07, 6.45) is -0.559. The summed E-state index contributed by atoms with van der Waals surface area (Å²) in [5.41, 5.74) is 1.74. The van der Waals surface area contributed by atoms with Crippen LogP contribution in [0.3, 0.4) is 0 Å². The maximum absolute atomic E-state index is 10.2. The number of thioether (sulfide) groups is 1. The van der Waals surface area contributed by atoms with Crippen LogP contribution < -0.4 is 10.1 Å². The van der Waals surface area contributed by atoms with Crippen LogP contribution in [0.5, 0.6) is 5.75 Å². The molecular weight excluding hydrogens is 338 g/mol. The molecule has 130 valence electrons. The lowest BCUT2D eigenvalue weighted by Crippen LogP contribution is -2.22. The molecule has 7 nitrogen and oxygen atoms in total. The van der Waals surface area contributed by atoms with Crippen LogP contribution in [0.4, 0.5) is 5.69 Å². The van der Waals surface area contributed by atoms with Gasteiger partial charge in [0.25, 0.3) is 0 Å². The van der Waals surface area contributed by atoms with Gasteiger partial charge in [-0.05, 0) is 34.7 Å². The Kier molecular flexibility index (Phi) is 5.86. The number of aliphatic hydroxyl groups is 1. The third-order valence-electron chi connectivity index (χ3n) is 3.48. The highest BCUT2D eigenvalue weighted by Gasteiger charge is 2.12. The van der Waals surface area contributed by atoms with Crippen molar-refractivity contribution in [3.63, 3.8) is 0 Å². The zero-order chi connectivity index (χ0) is 17.5. The molecule has 1 heterocycles. The Morgan fingerprint density at radius 1 is 1.16 bits per heavy atom. The minimum atomic E-state index is -0.559. The van der Waals surface area contributed by atoms with Gasteiger partial charge in [-0.2, -0.15) is 4.68 Å². The lowest BCUT2D eigenvalue weighted by Gasteiger charge is -2.14. The molecule has 0 radical (unpaired) electrons. The zero-order valence-electron chi connectivity index (χ0n) is 13.7. The van der Waals surface area contributed by atoms with Crippen LogP contribution in [0.2, 0.25) is 0 Å². The molecule has 2 N–H and O–H groups in total. The summed E-state index contributed by atoms with van der Waals surface area (Å²) in [5.74, 6) is 1.21. The Hall–Kier alpha value is -2.58. The zero-order valence-corrected chi connectivity index (χ0v) is 14.6. The van der Waals surface area contributed by atoms with Gasteiger partial charge < -0.3 is 15.2 Å². The van der Waals surface area contributed by atoms with Gasteiger partial charge in [-0.15, -0.1) is 5.10 Å². The van der Waals surface area contributed by atoms with E-state index in [4.69, 9.17) is 4.74 Å². The highest BCUT2D eigenvalue weighted by atomic mass is 32.2. The van der Waals surface area contributed by atoms with E-state index in [1.165, 1.54) is 11.8 Å². The van der Waals surface area contributed by atoms with Crippen molar-refractivity contribution in [2.45, 2.75) is 11.3 Å². The van der Waals surface area contributed by atoms with E-state index in [0.29, 0.717) is 17.5 Å². The maximum atomic E-state index is 10.2. The fourth-order valence-corrected chi connectivity index (χ4v) is 3.07. The number of hydrogen-bond acceptors (Lipinski definition) is 7.